The first-order valence-electron chi connectivity index (χ1n) is 6.06. The second-order valence-corrected chi connectivity index (χ2v) is 6.14. The maximum atomic E-state index is 12.1. The highest BCUT2D eigenvalue weighted by Gasteiger charge is 2.20. The summed E-state index contributed by atoms with van der Waals surface area (Å²) in [7, 11) is -1.74. The number of nitrogens with one attached hydrogen (secondary N) is 2. The number of pyridine rings is 1. The summed E-state index contributed by atoms with van der Waals surface area (Å²) in [6.45, 7) is 5.94. The minimum absolute atomic E-state index is 0.0935. The van der Waals surface area contributed by atoms with E-state index in [2.05, 4.69) is 15.0 Å². The standard InChI is InChI=1S/C12H21N3O2S/c1-5-9(2)10(3)15-18(16,17)11-6-7-12(13-4)14-8-11/h6-10,15H,5H2,1-4H3,(H,13,14). The fourth-order valence-corrected chi connectivity index (χ4v) is 2.77. The smallest absolute Gasteiger partial charge is 0.242 e. The average Bonchev–Trinajstić information content (AvgIpc) is 2.37. The topological polar surface area (TPSA) is 71.1 Å². The number of sulfonamides is 1. The number of nitrogens with zero attached hydrogens (tertiary/aromatic N) is 1. The van der Waals surface area contributed by atoms with Gasteiger partial charge < -0.3 is 5.32 Å². The van der Waals surface area contributed by atoms with Crippen molar-refractivity contribution in [3.63, 3.8) is 0 Å². The van der Waals surface area contributed by atoms with E-state index in [0.717, 1.165) is 6.42 Å². The largest absolute Gasteiger partial charge is 0.373 e. The Hall–Kier alpha value is -1.14. The maximum absolute atomic E-state index is 12.1. The van der Waals surface area contributed by atoms with E-state index < -0.39 is 10.0 Å². The summed E-state index contributed by atoms with van der Waals surface area (Å²) in [5, 5.41) is 2.85. The van der Waals surface area contributed by atoms with Crippen LogP contribution in [0.5, 0.6) is 0 Å². The SMILES string of the molecule is CCC(C)C(C)NS(=O)(=O)c1ccc(NC)nc1. The number of aromatic nitrogens is 1. The Bertz CT molecular complexity index is 471. The molecule has 2 atom stereocenters. The van der Waals surface area contributed by atoms with E-state index >= 15 is 0 Å². The molecule has 0 aromatic carbocycles. The molecule has 18 heavy (non-hydrogen) atoms. The third-order valence-corrected chi connectivity index (χ3v) is 4.69. The second-order valence-electron chi connectivity index (χ2n) is 4.42. The van der Waals surface area contributed by atoms with Crippen molar-refractivity contribution in [2.24, 2.45) is 5.92 Å². The van der Waals surface area contributed by atoms with Crippen molar-refractivity contribution in [1.82, 2.24) is 9.71 Å². The van der Waals surface area contributed by atoms with Crippen LogP contribution in [0.15, 0.2) is 23.2 Å². The van der Waals surface area contributed by atoms with Crippen molar-refractivity contribution < 1.29 is 8.42 Å². The molecule has 1 heterocycles. The molecule has 1 rings (SSSR count). The van der Waals surface area contributed by atoms with Crippen molar-refractivity contribution in [2.45, 2.75) is 38.1 Å². The quantitative estimate of drug-likeness (QED) is 0.828. The molecular weight excluding hydrogens is 250 g/mol. The van der Waals surface area contributed by atoms with Gasteiger partial charge in [0, 0.05) is 19.3 Å². The van der Waals surface area contributed by atoms with Crippen LogP contribution in [-0.2, 0) is 10.0 Å². The Kier molecular flexibility index (Phi) is 5.10. The molecule has 0 amide bonds. The van der Waals surface area contributed by atoms with Crippen LogP contribution in [0.1, 0.15) is 27.2 Å². The zero-order valence-corrected chi connectivity index (χ0v) is 12.1. The van der Waals surface area contributed by atoms with Crippen LogP contribution in [-0.4, -0.2) is 26.5 Å². The lowest BCUT2D eigenvalue weighted by Gasteiger charge is -2.19. The molecule has 0 aliphatic heterocycles. The van der Waals surface area contributed by atoms with Gasteiger partial charge in [0.1, 0.15) is 10.7 Å². The van der Waals surface area contributed by atoms with Gasteiger partial charge in [-0.25, -0.2) is 18.1 Å². The molecule has 1 aromatic heterocycles. The third-order valence-electron chi connectivity index (χ3n) is 3.14. The highest BCUT2D eigenvalue weighted by atomic mass is 32.2. The summed E-state index contributed by atoms with van der Waals surface area (Å²) in [5.74, 6) is 0.938. The van der Waals surface area contributed by atoms with E-state index in [4.69, 9.17) is 0 Å². The van der Waals surface area contributed by atoms with Gasteiger partial charge in [-0.2, -0.15) is 0 Å². The Labute approximate surface area is 109 Å². The Morgan fingerprint density at radius 1 is 1.33 bits per heavy atom. The van der Waals surface area contributed by atoms with Gasteiger partial charge in [-0.05, 0) is 25.0 Å². The summed E-state index contributed by atoms with van der Waals surface area (Å²) < 4.78 is 26.9. The van der Waals surface area contributed by atoms with Gasteiger partial charge in [0.15, 0.2) is 0 Å². The number of rotatable bonds is 6. The van der Waals surface area contributed by atoms with Crippen molar-refractivity contribution >= 4 is 15.8 Å². The molecule has 2 N–H and O–H groups in total. The van der Waals surface area contributed by atoms with Crippen LogP contribution in [0, 0.1) is 5.92 Å². The molecule has 0 aliphatic carbocycles. The van der Waals surface area contributed by atoms with Gasteiger partial charge in [0.25, 0.3) is 0 Å². The van der Waals surface area contributed by atoms with Crippen molar-refractivity contribution in [3.8, 4) is 0 Å². The van der Waals surface area contributed by atoms with E-state index in [1.807, 2.05) is 20.8 Å². The van der Waals surface area contributed by atoms with E-state index in [1.54, 1.807) is 19.2 Å². The minimum atomic E-state index is -3.48. The molecule has 0 saturated carbocycles. The predicted octanol–water partition coefficient (Wildman–Crippen LogP) is 1.84. The molecule has 2 unspecified atom stereocenters. The lowest BCUT2D eigenvalue weighted by molar-refractivity contribution is 0.434. The molecule has 0 saturated heterocycles. The zero-order chi connectivity index (χ0) is 13.8. The van der Waals surface area contributed by atoms with Gasteiger partial charge in [-0.3, -0.25) is 0 Å². The summed E-state index contributed by atoms with van der Waals surface area (Å²) in [6, 6.07) is 3.09. The van der Waals surface area contributed by atoms with Crippen molar-refractivity contribution in [2.75, 3.05) is 12.4 Å². The van der Waals surface area contributed by atoms with E-state index in [1.165, 1.54) is 6.20 Å². The zero-order valence-electron chi connectivity index (χ0n) is 11.3. The summed E-state index contributed by atoms with van der Waals surface area (Å²) in [6.07, 6.45) is 2.29. The Morgan fingerprint density at radius 2 is 2.00 bits per heavy atom. The first-order valence-corrected chi connectivity index (χ1v) is 7.55. The van der Waals surface area contributed by atoms with E-state index in [9.17, 15) is 8.42 Å². The van der Waals surface area contributed by atoms with Crippen LogP contribution in [0.4, 0.5) is 5.82 Å². The third kappa shape index (κ3) is 3.68. The van der Waals surface area contributed by atoms with Gasteiger partial charge in [-0.1, -0.05) is 20.3 Å². The predicted molar refractivity (Wildman–Crippen MR) is 73.0 cm³/mol. The fourth-order valence-electron chi connectivity index (χ4n) is 1.47. The maximum Gasteiger partial charge on any atom is 0.242 e. The highest BCUT2D eigenvalue weighted by molar-refractivity contribution is 7.89. The minimum Gasteiger partial charge on any atom is -0.373 e. The lowest BCUT2D eigenvalue weighted by atomic mass is 10.0. The molecule has 0 aliphatic rings. The van der Waals surface area contributed by atoms with E-state index in [0.29, 0.717) is 11.7 Å². The van der Waals surface area contributed by atoms with Crippen LogP contribution >= 0.6 is 0 Å². The normalized spacial score (nSPS) is 15.1. The summed E-state index contributed by atoms with van der Waals surface area (Å²) in [5.41, 5.74) is 0. The van der Waals surface area contributed by atoms with E-state index in [-0.39, 0.29) is 10.9 Å². The van der Waals surface area contributed by atoms with Crippen LogP contribution < -0.4 is 10.0 Å². The fraction of sp³-hybridized carbons (Fsp3) is 0.583. The van der Waals surface area contributed by atoms with Crippen LogP contribution in [0.2, 0.25) is 0 Å². The molecule has 0 spiro atoms. The average molecular weight is 271 g/mol. The molecule has 102 valence electrons. The highest BCUT2D eigenvalue weighted by Crippen LogP contribution is 2.14. The van der Waals surface area contributed by atoms with Crippen LogP contribution in [0.25, 0.3) is 0 Å². The molecule has 5 nitrogen and oxygen atoms in total. The molecule has 0 bridgehead atoms. The first-order chi connectivity index (χ1) is 8.40. The first kappa shape index (κ1) is 14.9. The molecule has 1 aromatic rings. The number of hydrogen-bond donors (Lipinski definition) is 2. The van der Waals surface area contributed by atoms with Gasteiger partial charge in [0.05, 0.1) is 0 Å². The molecule has 6 heteroatoms. The van der Waals surface area contributed by atoms with Crippen molar-refractivity contribution in [1.29, 1.82) is 0 Å². The van der Waals surface area contributed by atoms with Gasteiger partial charge in [0.2, 0.25) is 10.0 Å². The second kappa shape index (κ2) is 6.15. The Balaban J connectivity index is 2.85. The Morgan fingerprint density at radius 3 is 2.44 bits per heavy atom. The monoisotopic (exact) mass is 271 g/mol. The number of hydrogen-bond acceptors (Lipinski definition) is 4. The van der Waals surface area contributed by atoms with Gasteiger partial charge in [-0.15, -0.1) is 0 Å². The van der Waals surface area contributed by atoms with Crippen molar-refractivity contribution in [3.05, 3.63) is 18.3 Å². The molecular formula is C12H21N3O2S. The van der Waals surface area contributed by atoms with Crippen LogP contribution in [0.3, 0.4) is 0 Å². The number of anilines is 1. The summed E-state index contributed by atoms with van der Waals surface area (Å²) in [4.78, 5) is 4.20. The van der Waals surface area contributed by atoms with Gasteiger partial charge >= 0.3 is 0 Å². The summed E-state index contributed by atoms with van der Waals surface area (Å²) >= 11 is 0. The lowest BCUT2D eigenvalue weighted by Crippen LogP contribution is -2.36. The molecule has 0 radical (unpaired) electrons. The molecule has 0 fully saturated rings.